The number of fused-ring (bicyclic) bond motifs is 1. The first-order valence-corrected chi connectivity index (χ1v) is 11.8. The lowest BCUT2D eigenvalue weighted by atomic mass is 9.84. The van der Waals surface area contributed by atoms with Crippen LogP contribution in [0.5, 0.6) is 0 Å². The van der Waals surface area contributed by atoms with Crippen LogP contribution in [0.15, 0.2) is 0 Å². The highest BCUT2D eigenvalue weighted by Gasteiger charge is 2.67. The summed E-state index contributed by atoms with van der Waals surface area (Å²) in [6.07, 6.45) is -17.7. The summed E-state index contributed by atoms with van der Waals surface area (Å²) >= 11 is 0. The van der Waals surface area contributed by atoms with E-state index in [1.54, 1.807) is 7.05 Å². The van der Waals surface area contributed by atoms with Crippen LogP contribution in [0, 0.1) is 0 Å². The monoisotopic (exact) mass is 527 g/mol. The smallest absolute Gasteiger partial charge is 0.314 e. The molecule has 4 aliphatic rings. The maximum Gasteiger partial charge on any atom is 0.314 e. The van der Waals surface area contributed by atoms with Gasteiger partial charge in [-0.05, 0) is 13.5 Å². The van der Waals surface area contributed by atoms with Crippen LogP contribution < -0.4 is 16.8 Å². The molecule has 16 nitrogen and oxygen atoms in total. The van der Waals surface area contributed by atoms with Gasteiger partial charge in [0.1, 0.15) is 48.8 Å². The highest BCUT2D eigenvalue weighted by molar-refractivity contribution is 5.05. The first kappa shape index (κ1) is 28.4. The molecule has 13 N–H and O–H groups in total. The normalized spacial score (nSPS) is 54.4. The molecule has 3 unspecified atom stereocenters. The highest BCUT2D eigenvalue weighted by atomic mass is 16.9. The van der Waals surface area contributed by atoms with E-state index in [1.807, 2.05) is 0 Å². The maximum absolute atomic E-state index is 10.7. The Labute approximate surface area is 206 Å². The number of ether oxygens (including phenoxy) is 5. The average Bonchev–Trinajstić information content (AvgIpc) is 3.27. The third-order valence-corrected chi connectivity index (χ3v) is 7.42. The molecule has 16 atom stereocenters. The first-order chi connectivity index (χ1) is 17.0. The van der Waals surface area contributed by atoms with Gasteiger partial charge in [-0.3, -0.25) is 0 Å². The van der Waals surface area contributed by atoms with Crippen molar-refractivity contribution in [1.82, 2.24) is 5.32 Å². The minimum absolute atomic E-state index is 0.254. The summed E-state index contributed by atoms with van der Waals surface area (Å²) in [5.41, 5.74) is 11.8. The number of hydrogen-bond donors (Lipinski definition) is 11. The van der Waals surface area contributed by atoms with Gasteiger partial charge < -0.3 is 81.3 Å². The molecule has 4 fully saturated rings. The Hall–Kier alpha value is -0.640. The topological polar surface area (TPSA) is 272 Å². The Balaban J connectivity index is 1.62. The van der Waals surface area contributed by atoms with E-state index in [-0.39, 0.29) is 6.42 Å². The quantitative estimate of drug-likeness (QED) is 0.153. The molecule has 1 spiro atoms. The van der Waals surface area contributed by atoms with Crippen LogP contribution in [0.2, 0.25) is 0 Å². The molecular weight excluding hydrogens is 490 g/mol. The number of rotatable bonds is 6. The summed E-state index contributed by atoms with van der Waals surface area (Å²) in [7, 11) is 1.60. The van der Waals surface area contributed by atoms with Crippen LogP contribution in [0.3, 0.4) is 0 Å². The number of likely N-dealkylation sites (N-methyl/N-ethyl adjacent to an activating group) is 1. The van der Waals surface area contributed by atoms with Gasteiger partial charge in [0, 0.05) is 12.1 Å². The molecule has 0 radical (unpaired) electrons. The van der Waals surface area contributed by atoms with Crippen LogP contribution in [0.25, 0.3) is 0 Å². The molecule has 1 aliphatic carbocycles. The second-order valence-corrected chi connectivity index (χ2v) is 9.72. The van der Waals surface area contributed by atoms with Crippen molar-refractivity contribution in [1.29, 1.82) is 0 Å². The lowest BCUT2D eigenvalue weighted by molar-refractivity contribution is -0.439. The minimum atomic E-state index is -2.48. The summed E-state index contributed by atoms with van der Waals surface area (Å²) < 4.78 is 28.7. The van der Waals surface area contributed by atoms with E-state index < -0.39 is 111 Å². The molecule has 0 aromatic carbocycles. The zero-order valence-corrected chi connectivity index (χ0v) is 19.6. The molecule has 210 valence electrons. The Kier molecular flexibility index (Phi) is 8.55. The number of aliphatic hydroxyl groups is 8. The van der Waals surface area contributed by atoms with Crippen molar-refractivity contribution in [3.8, 4) is 0 Å². The third kappa shape index (κ3) is 4.68. The molecule has 36 heavy (non-hydrogen) atoms. The zero-order chi connectivity index (χ0) is 26.5. The summed E-state index contributed by atoms with van der Waals surface area (Å²) in [5, 5.41) is 85.6. The van der Waals surface area contributed by atoms with Gasteiger partial charge in [-0.1, -0.05) is 0 Å². The first-order valence-electron chi connectivity index (χ1n) is 11.8. The summed E-state index contributed by atoms with van der Waals surface area (Å²) in [6, 6.07) is -2.50. The zero-order valence-electron chi connectivity index (χ0n) is 19.6. The van der Waals surface area contributed by atoms with Crippen LogP contribution in [-0.4, -0.2) is 159 Å². The standard InChI is InChI=1S/C20H37N3O13/c1-23-7-2-5(21)9(26)15(10(7)27)33-19-17-16(11(28)8(4-25)32-19)35-20(36-17)18(31)13(30)12(29)14(34-20)6(22)3-24/h5-19,23-31H,2-4,21-22H2,1H3/t5-,6?,7+,8+,9+,10-,11-,12+,13-,14+,15-,16-,17+,18+,19?,20?/m0/s1. The molecule has 0 amide bonds. The Morgan fingerprint density at radius 1 is 0.944 bits per heavy atom. The predicted octanol–water partition coefficient (Wildman–Crippen LogP) is -7.27. The van der Waals surface area contributed by atoms with Gasteiger partial charge in [0.05, 0.1) is 31.5 Å². The Bertz CT molecular complexity index is 756. The maximum atomic E-state index is 10.7. The SMILES string of the molecule is CN[C@@H]1C[C@H](N)[C@@H](O)[C@H](OC2O[C@H](CO)[C@H](O)[C@@H]3OC4(O[C@H](C(N)CO)[C@H](O)[C@H](O)[C@H]4O)O[C@@H]23)[C@H]1O. The van der Waals surface area contributed by atoms with Crippen molar-refractivity contribution in [3.63, 3.8) is 0 Å². The predicted molar refractivity (Wildman–Crippen MR) is 115 cm³/mol. The van der Waals surface area contributed by atoms with Crippen LogP contribution in [0.1, 0.15) is 6.42 Å². The molecular formula is C20H37N3O13. The van der Waals surface area contributed by atoms with Crippen LogP contribution in [-0.2, 0) is 23.7 Å². The van der Waals surface area contributed by atoms with E-state index in [1.165, 1.54) is 0 Å². The van der Waals surface area contributed by atoms with Crippen molar-refractivity contribution < 1.29 is 64.5 Å². The van der Waals surface area contributed by atoms with Crippen molar-refractivity contribution in [2.24, 2.45) is 11.5 Å². The number of nitrogens with two attached hydrogens (primary N) is 2. The lowest BCUT2D eigenvalue weighted by Crippen LogP contribution is -2.69. The summed E-state index contributed by atoms with van der Waals surface area (Å²) in [6.45, 7) is -1.33. The van der Waals surface area contributed by atoms with E-state index in [0.717, 1.165) is 0 Å². The molecule has 4 rings (SSSR count). The summed E-state index contributed by atoms with van der Waals surface area (Å²) in [5.74, 6) is -2.48. The Morgan fingerprint density at radius 2 is 1.61 bits per heavy atom. The van der Waals surface area contributed by atoms with Gasteiger partial charge in [0.2, 0.25) is 0 Å². The molecule has 0 bridgehead atoms. The number of nitrogens with one attached hydrogen (secondary N) is 1. The van der Waals surface area contributed by atoms with E-state index in [0.29, 0.717) is 0 Å². The van der Waals surface area contributed by atoms with E-state index in [9.17, 15) is 40.9 Å². The minimum Gasteiger partial charge on any atom is -0.395 e. The van der Waals surface area contributed by atoms with Crippen LogP contribution >= 0.6 is 0 Å². The van der Waals surface area contributed by atoms with Crippen molar-refractivity contribution >= 4 is 0 Å². The largest absolute Gasteiger partial charge is 0.395 e. The fourth-order valence-electron chi connectivity index (χ4n) is 5.23. The summed E-state index contributed by atoms with van der Waals surface area (Å²) in [4.78, 5) is 0. The van der Waals surface area contributed by atoms with Gasteiger partial charge in [0.25, 0.3) is 0 Å². The van der Waals surface area contributed by atoms with Crippen molar-refractivity contribution in [2.75, 3.05) is 20.3 Å². The van der Waals surface area contributed by atoms with Crippen molar-refractivity contribution in [2.45, 2.75) is 104 Å². The molecule has 3 aliphatic heterocycles. The van der Waals surface area contributed by atoms with Gasteiger partial charge in [-0.25, -0.2) is 0 Å². The third-order valence-electron chi connectivity index (χ3n) is 7.42. The lowest BCUT2D eigenvalue weighted by Gasteiger charge is -2.46. The second-order valence-electron chi connectivity index (χ2n) is 9.72. The molecule has 1 saturated carbocycles. The van der Waals surface area contributed by atoms with E-state index in [4.69, 9.17) is 35.2 Å². The fraction of sp³-hybridized carbons (Fsp3) is 1.00. The molecule has 3 heterocycles. The van der Waals surface area contributed by atoms with E-state index >= 15 is 0 Å². The van der Waals surface area contributed by atoms with E-state index in [2.05, 4.69) is 5.32 Å². The molecule has 0 aromatic rings. The number of hydrogen-bond acceptors (Lipinski definition) is 16. The van der Waals surface area contributed by atoms with Crippen molar-refractivity contribution in [3.05, 3.63) is 0 Å². The highest BCUT2D eigenvalue weighted by Crippen LogP contribution is 2.45. The molecule has 3 saturated heterocycles. The Morgan fingerprint density at radius 3 is 2.22 bits per heavy atom. The molecule has 16 heteroatoms. The number of aliphatic hydroxyl groups excluding tert-OH is 8. The molecule has 0 aromatic heterocycles. The van der Waals surface area contributed by atoms with Gasteiger partial charge in [0.15, 0.2) is 12.4 Å². The average molecular weight is 528 g/mol. The second kappa shape index (κ2) is 10.9. The van der Waals surface area contributed by atoms with Gasteiger partial charge >= 0.3 is 5.97 Å². The van der Waals surface area contributed by atoms with Gasteiger partial charge in [-0.15, -0.1) is 0 Å². The fourth-order valence-corrected chi connectivity index (χ4v) is 5.23. The van der Waals surface area contributed by atoms with Crippen LogP contribution in [0.4, 0.5) is 0 Å². The van der Waals surface area contributed by atoms with Gasteiger partial charge in [-0.2, -0.15) is 0 Å².